The first-order valence-electron chi connectivity index (χ1n) is 10.1. The van der Waals surface area contributed by atoms with E-state index in [1.54, 1.807) is 0 Å². The Balaban J connectivity index is 1.42. The lowest BCUT2D eigenvalue weighted by Gasteiger charge is -2.05. The average Bonchev–Trinajstić information content (AvgIpc) is 3.28. The molecule has 1 N–H and O–H groups in total. The highest BCUT2D eigenvalue weighted by Gasteiger charge is 2.41. The highest BCUT2D eigenvalue weighted by atomic mass is 15.3. The Morgan fingerprint density at radius 2 is 1.93 bits per heavy atom. The molecule has 5 rings (SSSR count). The van der Waals surface area contributed by atoms with Crippen LogP contribution in [0.4, 0.5) is 5.82 Å². The summed E-state index contributed by atoms with van der Waals surface area (Å²) in [6.45, 7) is 7.06. The molecule has 0 aliphatic heterocycles. The van der Waals surface area contributed by atoms with Crippen LogP contribution in [0.5, 0.6) is 0 Å². The minimum absolute atomic E-state index is 0.446. The Kier molecular flexibility index (Phi) is 4.12. The Morgan fingerprint density at radius 3 is 2.69 bits per heavy atom. The first-order chi connectivity index (χ1) is 14.0. The number of rotatable bonds is 5. The number of anilines is 1. The standard InChI is InChI=1S/C22H25N7/c1-5-23-21-7-6-15(12-24-21)16-9-17(16)18-10-20(28(4)26-18)19-8-13(2)22-25-11-14(3)29(22)27-19/h6-8,10-12,16-17H,5,9H2,1-4H3,(H,23,24). The van der Waals surface area contributed by atoms with Crippen molar-refractivity contribution in [2.75, 3.05) is 11.9 Å². The highest BCUT2D eigenvalue weighted by molar-refractivity contribution is 5.61. The molecule has 2 atom stereocenters. The fourth-order valence-electron chi connectivity index (χ4n) is 4.07. The van der Waals surface area contributed by atoms with Crippen molar-refractivity contribution in [1.29, 1.82) is 0 Å². The maximum absolute atomic E-state index is 4.81. The van der Waals surface area contributed by atoms with Crippen LogP contribution in [-0.4, -0.2) is 35.9 Å². The van der Waals surface area contributed by atoms with Crippen LogP contribution in [0.3, 0.4) is 0 Å². The van der Waals surface area contributed by atoms with Gasteiger partial charge in [0.2, 0.25) is 0 Å². The van der Waals surface area contributed by atoms with Gasteiger partial charge in [0.1, 0.15) is 11.5 Å². The van der Waals surface area contributed by atoms with Crippen LogP contribution in [0.25, 0.3) is 17.0 Å². The molecule has 0 saturated heterocycles. The molecule has 0 aromatic carbocycles. The van der Waals surface area contributed by atoms with E-state index in [1.807, 2.05) is 35.6 Å². The minimum Gasteiger partial charge on any atom is -0.370 e. The van der Waals surface area contributed by atoms with Gasteiger partial charge in [-0.15, -0.1) is 0 Å². The maximum atomic E-state index is 4.81. The summed E-state index contributed by atoms with van der Waals surface area (Å²) in [5.41, 5.74) is 7.42. The van der Waals surface area contributed by atoms with E-state index in [9.17, 15) is 0 Å². The zero-order valence-electron chi connectivity index (χ0n) is 17.2. The normalized spacial score (nSPS) is 18.3. The van der Waals surface area contributed by atoms with Crippen molar-refractivity contribution >= 4 is 11.5 Å². The van der Waals surface area contributed by atoms with Gasteiger partial charge in [-0.1, -0.05) is 6.07 Å². The van der Waals surface area contributed by atoms with Crippen LogP contribution in [0.2, 0.25) is 0 Å². The molecule has 0 bridgehead atoms. The molecule has 4 heterocycles. The molecule has 0 radical (unpaired) electrons. The average molecular weight is 387 g/mol. The van der Waals surface area contributed by atoms with Crippen molar-refractivity contribution in [1.82, 2.24) is 29.4 Å². The van der Waals surface area contributed by atoms with E-state index < -0.39 is 0 Å². The van der Waals surface area contributed by atoms with Gasteiger partial charge in [0.05, 0.1) is 23.3 Å². The van der Waals surface area contributed by atoms with Gasteiger partial charge >= 0.3 is 0 Å². The smallest absolute Gasteiger partial charge is 0.156 e. The zero-order valence-corrected chi connectivity index (χ0v) is 17.2. The Morgan fingerprint density at radius 1 is 1.07 bits per heavy atom. The molecule has 7 nitrogen and oxygen atoms in total. The van der Waals surface area contributed by atoms with Crippen molar-refractivity contribution in [2.24, 2.45) is 7.05 Å². The lowest BCUT2D eigenvalue weighted by atomic mass is 10.1. The van der Waals surface area contributed by atoms with E-state index in [-0.39, 0.29) is 0 Å². The van der Waals surface area contributed by atoms with E-state index in [0.29, 0.717) is 11.8 Å². The van der Waals surface area contributed by atoms with Gasteiger partial charge in [-0.25, -0.2) is 14.5 Å². The predicted molar refractivity (Wildman–Crippen MR) is 113 cm³/mol. The quantitative estimate of drug-likeness (QED) is 0.563. The summed E-state index contributed by atoms with van der Waals surface area (Å²) in [6.07, 6.45) is 4.97. The SMILES string of the molecule is CCNc1ccc(C2CC2c2cc(-c3cc(C)c4ncc(C)n4n3)n(C)n2)cn1. The van der Waals surface area contributed by atoms with Gasteiger partial charge in [-0.2, -0.15) is 10.2 Å². The third-order valence-electron chi connectivity index (χ3n) is 5.73. The van der Waals surface area contributed by atoms with Crippen LogP contribution in [0.1, 0.15) is 47.7 Å². The summed E-state index contributed by atoms with van der Waals surface area (Å²) in [5, 5.41) is 12.9. The molecule has 0 spiro atoms. The van der Waals surface area contributed by atoms with Crippen molar-refractivity contribution in [3.8, 4) is 11.4 Å². The second-order valence-electron chi connectivity index (χ2n) is 7.88. The largest absolute Gasteiger partial charge is 0.370 e. The molecule has 148 valence electrons. The van der Waals surface area contributed by atoms with Gasteiger partial charge in [-0.05, 0) is 62.4 Å². The number of hydrogen-bond donors (Lipinski definition) is 1. The van der Waals surface area contributed by atoms with Crippen LogP contribution < -0.4 is 5.32 Å². The first kappa shape index (κ1) is 17.8. The van der Waals surface area contributed by atoms with Gasteiger partial charge in [-0.3, -0.25) is 4.68 Å². The molecular weight excluding hydrogens is 362 g/mol. The number of fused-ring (bicyclic) bond motifs is 1. The number of nitrogens with zero attached hydrogens (tertiary/aromatic N) is 6. The summed E-state index contributed by atoms with van der Waals surface area (Å²) in [6, 6.07) is 8.52. The molecule has 1 fully saturated rings. The first-order valence-corrected chi connectivity index (χ1v) is 10.1. The molecule has 2 unspecified atom stereocenters. The topological polar surface area (TPSA) is 72.9 Å². The van der Waals surface area contributed by atoms with Crippen molar-refractivity contribution in [3.63, 3.8) is 0 Å². The third-order valence-corrected chi connectivity index (χ3v) is 5.73. The van der Waals surface area contributed by atoms with Gasteiger partial charge < -0.3 is 5.32 Å². The number of aromatic nitrogens is 6. The van der Waals surface area contributed by atoms with Crippen molar-refractivity contribution in [3.05, 3.63) is 59.2 Å². The number of aryl methyl sites for hydroxylation is 3. The Hall–Kier alpha value is -3.22. The summed E-state index contributed by atoms with van der Waals surface area (Å²) in [7, 11) is 1.99. The second-order valence-corrected chi connectivity index (χ2v) is 7.88. The molecule has 4 aromatic rings. The third kappa shape index (κ3) is 3.06. The minimum atomic E-state index is 0.446. The molecule has 29 heavy (non-hydrogen) atoms. The van der Waals surface area contributed by atoms with Gasteiger partial charge in [0, 0.05) is 25.7 Å². The number of imidazole rings is 1. The Bertz CT molecular complexity index is 1190. The summed E-state index contributed by atoms with van der Waals surface area (Å²) in [5.74, 6) is 1.87. The highest BCUT2D eigenvalue weighted by Crippen LogP contribution is 2.54. The van der Waals surface area contributed by atoms with Gasteiger partial charge in [0.15, 0.2) is 5.65 Å². The second kappa shape index (κ2) is 6.69. The van der Waals surface area contributed by atoms with Crippen molar-refractivity contribution < 1.29 is 0 Å². The molecule has 0 amide bonds. The van der Waals surface area contributed by atoms with Crippen molar-refractivity contribution in [2.45, 2.75) is 39.0 Å². The van der Waals surface area contributed by atoms with Crippen LogP contribution >= 0.6 is 0 Å². The van der Waals surface area contributed by atoms with E-state index >= 15 is 0 Å². The molecule has 1 aliphatic carbocycles. The number of nitrogens with one attached hydrogen (secondary N) is 1. The van der Waals surface area contributed by atoms with E-state index in [0.717, 1.165) is 52.8 Å². The fourth-order valence-corrected chi connectivity index (χ4v) is 4.07. The monoisotopic (exact) mass is 387 g/mol. The number of pyridine rings is 1. The molecule has 4 aromatic heterocycles. The van der Waals surface area contributed by atoms with Crippen LogP contribution in [-0.2, 0) is 7.05 Å². The zero-order chi connectivity index (χ0) is 20.1. The summed E-state index contributed by atoms with van der Waals surface area (Å²) < 4.78 is 3.85. The van der Waals surface area contributed by atoms with Gasteiger partial charge in [0.25, 0.3) is 0 Å². The molecule has 7 heteroatoms. The maximum Gasteiger partial charge on any atom is 0.156 e. The molecule has 1 saturated carbocycles. The lowest BCUT2D eigenvalue weighted by molar-refractivity contribution is 0.741. The van der Waals surface area contributed by atoms with Crippen LogP contribution in [0, 0.1) is 13.8 Å². The summed E-state index contributed by atoms with van der Waals surface area (Å²) in [4.78, 5) is 8.96. The van der Waals surface area contributed by atoms with E-state index in [4.69, 9.17) is 10.2 Å². The predicted octanol–water partition coefficient (Wildman–Crippen LogP) is 3.84. The van der Waals surface area contributed by atoms with Crippen LogP contribution in [0.15, 0.2) is 36.7 Å². The van der Waals surface area contributed by atoms with E-state index in [2.05, 4.69) is 53.4 Å². The van der Waals surface area contributed by atoms with E-state index in [1.165, 1.54) is 5.56 Å². The molecule has 1 aliphatic rings. The number of hydrogen-bond acceptors (Lipinski definition) is 5. The Labute approximate surface area is 169 Å². The summed E-state index contributed by atoms with van der Waals surface area (Å²) >= 11 is 0. The fraction of sp³-hybridized carbons (Fsp3) is 0.364. The lowest BCUT2D eigenvalue weighted by Crippen LogP contribution is -2.02. The molecular formula is C22H25N7.